The van der Waals surface area contributed by atoms with Crippen LogP contribution in [-0.2, 0) is 9.53 Å². The van der Waals surface area contributed by atoms with E-state index < -0.39 is 0 Å². The van der Waals surface area contributed by atoms with E-state index in [9.17, 15) is 9.59 Å². The standard InChI is InChI=1S/C25H27N5O4/c1-33-22-8-7-20(14-21(22)29-24(31)16-30-10-12-34-13-11-30)28-25(32)18-4-2-17(3-5-18)19-6-9-23(26)27-15-19/h2-9,14-15H,10-13,16H2,1H3,(H2,26,27)(H,28,32)(H,29,31). The van der Waals surface area contributed by atoms with Crippen LogP contribution in [0.15, 0.2) is 60.8 Å². The van der Waals surface area contributed by atoms with E-state index in [-0.39, 0.29) is 18.4 Å². The van der Waals surface area contributed by atoms with Crippen molar-refractivity contribution in [2.45, 2.75) is 0 Å². The van der Waals surface area contributed by atoms with Gasteiger partial charge in [-0.2, -0.15) is 0 Å². The van der Waals surface area contributed by atoms with Crippen LogP contribution in [-0.4, -0.2) is 61.7 Å². The molecule has 0 atom stereocenters. The lowest BCUT2D eigenvalue weighted by atomic mass is 10.1. The van der Waals surface area contributed by atoms with Crippen LogP contribution < -0.4 is 21.1 Å². The summed E-state index contributed by atoms with van der Waals surface area (Å²) in [7, 11) is 1.53. The van der Waals surface area contributed by atoms with Crippen LogP contribution >= 0.6 is 0 Å². The Hall–Kier alpha value is -3.95. The highest BCUT2D eigenvalue weighted by atomic mass is 16.5. The Morgan fingerprint density at radius 2 is 1.76 bits per heavy atom. The van der Waals surface area contributed by atoms with Crippen molar-refractivity contribution in [1.29, 1.82) is 0 Å². The summed E-state index contributed by atoms with van der Waals surface area (Å²) in [6, 6.07) is 15.9. The molecule has 9 heteroatoms. The molecule has 2 amide bonds. The number of morpholine rings is 1. The lowest BCUT2D eigenvalue weighted by Crippen LogP contribution is -2.41. The van der Waals surface area contributed by atoms with Gasteiger partial charge in [0.25, 0.3) is 5.91 Å². The van der Waals surface area contributed by atoms with E-state index in [1.165, 1.54) is 7.11 Å². The largest absolute Gasteiger partial charge is 0.495 e. The molecule has 4 rings (SSSR count). The first kappa shape index (κ1) is 23.2. The van der Waals surface area contributed by atoms with Crippen LogP contribution in [0.5, 0.6) is 5.75 Å². The predicted molar refractivity (Wildman–Crippen MR) is 131 cm³/mol. The van der Waals surface area contributed by atoms with Crippen molar-refractivity contribution in [1.82, 2.24) is 9.88 Å². The number of ether oxygens (including phenoxy) is 2. The first-order valence-electron chi connectivity index (χ1n) is 10.9. The van der Waals surface area contributed by atoms with E-state index in [2.05, 4.69) is 15.6 Å². The van der Waals surface area contributed by atoms with Crippen LogP contribution in [0.4, 0.5) is 17.2 Å². The van der Waals surface area contributed by atoms with Crippen LogP contribution in [0.2, 0.25) is 0 Å². The zero-order chi connectivity index (χ0) is 23.9. The molecule has 0 bridgehead atoms. The molecule has 3 aromatic rings. The second kappa shape index (κ2) is 10.8. The van der Waals surface area contributed by atoms with Crippen molar-refractivity contribution >= 4 is 29.0 Å². The molecule has 0 radical (unpaired) electrons. The molecule has 0 saturated carbocycles. The average molecular weight is 462 g/mol. The number of rotatable bonds is 7. The summed E-state index contributed by atoms with van der Waals surface area (Å²) >= 11 is 0. The normalized spacial score (nSPS) is 13.8. The fraction of sp³-hybridized carbons (Fsp3) is 0.240. The van der Waals surface area contributed by atoms with Crippen molar-refractivity contribution in [2.75, 3.05) is 56.3 Å². The number of nitrogens with zero attached hydrogens (tertiary/aromatic N) is 2. The molecule has 1 aliphatic heterocycles. The van der Waals surface area contributed by atoms with Crippen LogP contribution in [0, 0.1) is 0 Å². The van der Waals surface area contributed by atoms with Gasteiger partial charge in [-0.3, -0.25) is 14.5 Å². The van der Waals surface area contributed by atoms with Crippen molar-refractivity contribution in [3.05, 3.63) is 66.4 Å². The van der Waals surface area contributed by atoms with Gasteiger partial charge in [0.05, 0.1) is 32.6 Å². The lowest BCUT2D eigenvalue weighted by molar-refractivity contribution is -0.118. The van der Waals surface area contributed by atoms with Crippen molar-refractivity contribution in [3.63, 3.8) is 0 Å². The zero-order valence-electron chi connectivity index (χ0n) is 18.9. The summed E-state index contributed by atoms with van der Waals surface area (Å²) in [5, 5.41) is 5.75. The molecule has 176 valence electrons. The van der Waals surface area contributed by atoms with Crippen LogP contribution in [0.1, 0.15) is 10.4 Å². The summed E-state index contributed by atoms with van der Waals surface area (Å²) in [6.07, 6.45) is 1.69. The van der Waals surface area contributed by atoms with Gasteiger partial charge < -0.3 is 25.8 Å². The number of nitrogen functional groups attached to an aromatic ring is 1. The Labute approximate surface area is 197 Å². The summed E-state index contributed by atoms with van der Waals surface area (Å²) in [4.78, 5) is 31.4. The van der Waals surface area contributed by atoms with E-state index in [0.29, 0.717) is 54.8 Å². The second-order valence-electron chi connectivity index (χ2n) is 7.85. The van der Waals surface area contributed by atoms with E-state index in [4.69, 9.17) is 15.2 Å². The molecule has 2 aromatic carbocycles. The molecule has 2 heterocycles. The van der Waals surface area contributed by atoms with Crippen molar-refractivity contribution in [2.24, 2.45) is 0 Å². The minimum Gasteiger partial charge on any atom is -0.495 e. The molecule has 0 unspecified atom stereocenters. The third-order valence-corrected chi connectivity index (χ3v) is 5.47. The molecule has 1 aromatic heterocycles. The number of aromatic nitrogens is 1. The third-order valence-electron chi connectivity index (χ3n) is 5.47. The maximum atomic E-state index is 12.8. The molecule has 0 aliphatic carbocycles. The summed E-state index contributed by atoms with van der Waals surface area (Å²) in [6.45, 7) is 2.94. The Morgan fingerprint density at radius 3 is 2.44 bits per heavy atom. The van der Waals surface area contributed by atoms with Gasteiger partial charge in [0.1, 0.15) is 11.6 Å². The van der Waals surface area contributed by atoms with Crippen molar-refractivity contribution < 1.29 is 19.1 Å². The van der Waals surface area contributed by atoms with Gasteiger partial charge in [-0.05, 0) is 48.0 Å². The fourth-order valence-electron chi connectivity index (χ4n) is 3.63. The maximum absolute atomic E-state index is 12.8. The predicted octanol–water partition coefficient (Wildman–Crippen LogP) is 2.86. The number of hydrogen-bond donors (Lipinski definition) is 3. The van der Waals surface area contributed by atoms with E-state index in [0.717, 1.165) is 11.1 Å². The van der Waals surface area contributed by atoms with E-state index in [1.807, 2.05) is 23.1 Å². The average Bonchev–Trinajstić information content (AvgIpc) is 2.85. The quantitative estimate of drug-likeness (QED) is 0.495. The molecule has 1 saturated heterocycles. The minimum atomic E-state index is -0.266. The number of nitrogens with two attached hydrogens (primary N) is 1. The smallest absolute Gasteiger partial charge is 0.255 e. The van der Waals surface area contributed by atoms with Gasteiger partial charge in [-0.15, -0.1) is 0 Å². The molecule has 4 N–H and O–H groups in total. The van der Waals surface area contributed by atoms with Crippen LogP contribution in [0.25, 0.3) is 11.1 Å². The first-order chi connectivity index (χ1) is 16.5. The van der Waals surface area contributed by atoms with E-state index in [1.54, 1.807) is 42.6 Å². The monoisotopic (exact) mass is 461 g/mol. The lowest BCUT2D eigenvalue weighted by Gasteiger charge is -2.26. The van der Waals surface area contributed by atoms with E-state index >= 15 is 0 Å². The number of nitrogens with one attached hydrogen (secondary N) is 2. The second-order valence-corrected chi connectivity index (χ2v) is 7.85. The highest BCUT2D eigenvalue weighted by molar-refractivity contribution is 6.05. The topological polar surface area (TPSA) is 119 Å². The molecule has 1 fully saturated rings. The number of methoxy groups -OCH3 is 1. The molecule has 1 aliphatic rings. The first-order valence-corrected chi connectivity index (χ1v) is 10.9. The SMILES string of the molecule is COc1ccc(NC(=O)c2ccc(-c3ccc(N)nc3)cc2)cc1NC(=O)CN1CCOCC1. The van der Waals surface area contributed by atoms with Gasteiger partial charge >= 0.3 is 0 Å². The fourth-order valence-corrected chi connectivity index (χ4v) is 3.63. The summed E-state index contributed by atoms with van der Waals surface area (Å²) in [5.74, 6) is 0.542. The summed E-state index contributed by atoms with van der Waals surface area (Å²) in [5.41, 5.74) is 9.01. The number of carbonyl (C=O) groups is 2. The van der Waals surface area contributed by atoms with Gasteiger partial charge in [-0.25, -0.2) is 4.98 Å². The minimum absolute atomic E-state index is 0.156. The zero-order valence-corrected chi connectivity index (χ0v) is 18.9. The third kappa shape index (κ3) is 5.89. The molecular formula is C25H27N5O4. The number of benzene rings is 2. The van der Waals surface area contributed by atoms with Gasteiger partial charge in [0, 0.05) is 36.1 Å². The number of amides is 2. The summed E-state index contributed by atoms with van der Waals surface area (Å²) < 4.78 is 10.7. The number of hydrogen-bond acceptors (Lipinski definition) is 7. The molecular weight excluding hydrogens is 434 g/mol. The van der Waals surface area contributed by atoms with Gasteiger partial charge in [-0.1, -0.05) is 12.1 Å². The number of anilines is 3. The number of pyridine rings is 1. The van der Waals surface area contributed by atoms with Crippen molar-refractivity contribution in [3.8, 4) is 16.9 Å². The van der Waals surface area contributed by atoms with Gasteiger partial charge in [0.15, 0.2) is 0 Å². The molecule has 0 spiro atoms. The highest BCUT2D eigenvalue weighted by Gasteiger charge is 2.16. The van der Waals surface area contributed by atoms with Gasteiger partial charge in [0.2, 0.25) is 5.91 Å². The Balaban J connectivity index is 1.42. The maximum Gasteiger partial charge on any atom is 0.255 e. The Bertz CT molecular complexity index is 1140. The highest BCUT2D eigenvalue weighted by Crippen LogP contribution is 2.28. The molecule has 34 heavy (non-hydrogen) atoms. The Kier molecular flexibility index (Phi) is 7.36. The number of carbonyl (C=O) groups excluding carboxylic acids is 2. The van der Waals surface area contributed by atoms with Crippen LogP contribution in [0.3, 0.4) is 0 Å². The molecule has 9 nitrogen and oxygen atoms in total. The Morgan fingerprint density at radius 1 is 1.03 bits per heavy atom.